The summed E-state index contributed by atoms with van der Waals surface area (Å²) in [6.07, 6.45) is 18.8. The number of allylic oxidation sites excluding steroid dienone is 2. The lowest BCUT2D eigenvalue weighted by Crippen LogP contribution is -2.60. The van der Waals surface area contributed by atoms with Crippen molar-refractivity contribution in [3.63, 3.8) is 0 Å². The Morgan fingerprint density at radius 2 is 1.94 bits per heavy atom. The molecule has 2 fully saturated rings. The van der Waals surface area contributed by atoms with Crippen LogP contribution < -0.4 is 10.6 Å². The Balaban J connectivity index is 1.23. The summed E-state index contributed by atoms with van der Waals surface area (Å²) >= 11 is 0. The predicted molar refractivity (Wildman–Crippen MR) is 135 cm³/mol. The van der Waals surface area contributed by atoms with Gasteiger partial charge in [0.2, 0.25) is 0 Å². The van der Waals surface area contributed by atoms with Gasteiger partial charge in [-0.3, -0.25) is 24.6 Å². The van der Waals surface area contributed by atoms with Crippen molar-refractivity contribution in [1.82, 2.24) is 45.4 Å². The Labute approximate surface area is 205 Å². The average molecular weight is 472 g/mol. The molecule has 35 heavy (non-hydrogen) atoms. The van der Waals surface area contributed by atoms with E-state index >= 15 is 0 Å². The van der Waals surface area contributed by atoms with Gasteiger partial charge in [-0.25, -0.2) is 0 Å². The molecule has 182 valence electrons. The van der Waals surface area contributed by atoms with Crippen molar-refractivity contribution < 1.29 is 0 Å². The van der Waals surface area contributed by atoms with E-state index in [0.29, 0.717) is 6.04 Å². The fourth-order valence-electron chi connectivity index (χ4n) is 5.43. The third kappa shape index (κ3) is 4.54. The molecule has 0 aromatic carbocycles. The van der Waals surface area contributed by atoms with Crippen LogP contribution in [0.15, 0.2) is 67.5 Å². The topological polar surface area (TPSA) is 89.9 Å². The lowest BCUT2D eigenvalue weighted by molar-refractivity contribution is 0.0407. The van der Waals surface area contributed by atoms with E-state index < -0.39 is 5.66 Å². The Morgan fingerprint density at radius 1 is 1.06 bits per heavy atom. The van der Waals surface area contributed by atoms with Crippen molar-refractivity contribution in [2.45, 2.75) is 31.1 Å². The van der Waals surface area contributed by atoms with Gasteiger partial charge in [0.05, 0.1) is 24.1 Å². The van der Waals surface area contributed by atoms with Gasteiger partial charge in [0.15, 0.2) is 0 Å². The zero-order valence-electron chi connectivity index (χ0n) is 20.0. The second-order valence-electron chi connectivity index (χ2n) is 9.61. The van der Waals surface area contributed by atoms with Gasteiger partial charge in [-0.15, -0.1) is 0 Å². The van der Waals surface area contributed by atoms with Crippen molar-refractivity contribution in [1.29, 1.82) is 0 Å². The van der Waals surface area contributed by atoms with E-state index in [0.717, 1.165) is 75.5 Å². The Hall–Kier alpha value is -3.27. The maximum atomic E-state index is 4.83. The number of rotatable bonds is 6. The Kier molecular flexibility index (Phi) is 6.20. The van der Waals surface area contributed by atoms with Crippen LogP contribution in [0.5, 0.6) is 0 Å². The number of dihydropyridines is 1. The molecular weight excluding hydrogens is 438 g/mol. The molecule has 1 unspecified atom stereocenters. The molecule has 3 aromatic rings. The van der Waals surface area contributed by atoms with Crippen LogP contribution in [0.1, 0.15) is 35.7 Å². The third-order valence-corrected chi connectivity index (χ3v) is 7.49. The van der Waals surface area contributed by atoms with E-state index in [-0.39, 0.29) is 0 Å². The zero-order valence-corrected chi connectivity index (χ0v) is 20.0. The van der Waals surface area contributed by atoms with Crippen molar-refractivity contribution in [2.24, 2.45) is 0 Å². The molecule has 3 aliphatic heterocycles. The molecule has 0 aliphatic carbocycles. The van der Waals surface area contributed by atoms with E-state index in [2.05, 4.69) is 83.2 Å². The number of nitrogens with zero attached hydrogens (tertiary/aromatic N) is 6. The van der Waals surface area contributed by atoms with E-state index in [9.17, 15) is 0 Å². The van der Waals surface area contributed by atoms with Gasteiger partial charge < -0.3 is 10.6 Å². The van der Waals surface area contributed by atoms with Crippen molar-refractivity contribution >= 4 is 5.57 Å². The summed E-state index contributed by atoms with van der Waals surface area (Å²) in [6, 6.07) is 6.61. The number of hydrogen-bond acceptors (Lipinski definition) is 7. The van der Waals surface area contributed by atoms with Crippen LogP contribution in [-0.4, -0.2) is 74.0 Å². The van der Waals surface area contributed by atoms with E-state index in [4.69, 9.17) is 5.10 Å². The first-order valence-corrected chi connectivity index (χ1v) is 12.6. The fourth-order valence-corrected chi connectivity index (χ4v) is 5.43. The highest BCUT2D eigenvalue weighted by Crippen LogP contribution is 2.34. The molecule has 0 spiro atoms. The first-order chi connectivity index (χ1) is 17.3. The van der Waals surface area contributed by atoms with E-state index in [1.807, 2.05) is 24.7 Å². The molecular formula is C26H33N9. The van der Waals surface area contributed by atoms with Crippen LogP contribution >= 0.6 is 0 Å². The lowest BCUT2D eigenvalue weighted by atomic mass is 9.94. The summed E-state index contributed by atoms with van der Waals surface area (Å²) in [4.78, 5) is 9.55. The molecule has 0 bridgehead atoms. The highest BCUT2D eigenvalue weighted by atomic mass is 15.4. The first kappa shape index (κ1) is 22.2. The number of H-pyrrole nitrogens is 1. The van der Waals surface area contributed by atoms with Crippen molar-refractivity contribution in [3.05, 3.63) is 84.4 Å². The fraction of sp³-hybridized carbons (Fsp3) is 0.423. The molecule has 9 heteroatoms. The first-order valence-electron chi connectivity index (χ1n) is 12.6. The van der Waals surface area contributed by atoms with Gasteiger partial charge in [0.1, 0.15) is 5.66 Å². The maximum absolute atomic E-state index is 4.83. The minimum atomic E-state index is -0.421. The van der Waals surface area contributed by atoms with Crippen LogP contribution in [0.25, 0.3) is 5.57 Å². The minimum Gasteiger partial charge on any atom is -0.365 e. The zero-order chi connectivity index (χ0) is 23.5. The lowest BCUT2D eigenvalue weighted by Gasteiger charge is -2.47. The molecule has 6 heterocycles. The summed E-state index contributed by atoms with van der Waals surface area (Å²) in [7, 11) is 0. The van der Waals surface area contributed by atoms with Gasteiger partial charge in [-0.1, -0.05) is 12.1 Å². The normalized spacial score (nSPS) is 24.3. The van der Waals surface area contributed by atoms with Crippen LogP contribution in [0.2, 0.25) is 0 Å². The van der Waals surface area contributed by atoms with Gasteiger partial charge in [0.25, 0.3) is 0 Å². The van der Waals surface area contributed by atoms with E-state index in [1.165, 1.54) is 5.56 Å². The molecule has 9 nitrogen and oxygen atoms in total. The molecule has 0 saturated carbocycles. The van der Waals surface area contributed by atoms with Crippen LogP contribution in [0, 0.1) is 0 Å². The molecule has 0 radical (unpaired) electrons. The predicted octanol–water partition coefficient (Wildman–Crippen LogP) is 2.10. The second kappa shape index (κ2) is 9.77. The second-order valence-corrected chi connectivity index (χ2v) is 9.61. The Morgan fingerprint density at radius 3 is 2.66 bits per heavy atom. The van der Waals surface area contributed by atoms with Gasteiger partial charge in [0, 0.05) is 74.2 Å². The van der Waals surface area contributed by atoms with Gasteiger partial charge >= 0.3 is 0 Å². The van der Waals surface area contributed by atoms with Crippen molar-refractivity contribution in [3.8, 4) is 0 Å². The minimum absolute atomic E-state index is 0.421. The number of piperazine rings is 1. The van der Waals surface area contributed by atoms with E-state index in [1.54, 1.807) is 0 Å². The summed E-state index contributed by atoms with van der Waals surface area (Å²) in [6.45, 7) is 6.90. The highest BCUT2D eigenvalue weighted by molar-refractivity contribution is 5.74. The molecule has 6 rings (SSSR count). The third-order valence-electron chi connectivity index (χ3n) is 7.49. The molecule has 1 atom stereocenters. The number of aromatic nitrogens is 5. The largest absolute Gasteiger partial charge is 0.365 e. The smallest absolute Gasteiger partial charge is 0.140 e. The number of pyridine rings is 1. The van der Waals surface area contributed by atoms with Crippen LogP contribution in [0.3, 0.4) is 0 Å². The quantitative estimate of drug-likeness (QED) is 0.507. The number of piperidine rings is 1. The van der Waals surface area contributed by atoms with Crippen LogP contribution in [-0.2, 0) is 12.2 Å². The highest BCUT2D eigenvalue weighted by Gasteiger charge is 2.40. The molecule has 3 aromatic heterocycles. The van der Waals surface area contributed by atoms with Crippen molar-refractivity contribution in [2.75, 3.05) is 39.3 Å². The summed E-state index contributed by atoms with van der Waals surface area (Å²) in [5.74, 6) is 0. The standard InChI is InChI=1S/C26H33N9/c1-2-8-28-24(3-1)20-33-11-13-34(14-12-33)26(7-4-21(15-29-26)22-16-30-31-17-22)23-18-32-35(19-23)25-5-9-27-10-6-25/h1-4,7-8,15-19,25,27,29H,5-6,9-14,20H2,(H,30,31). The summed E-state index contributed by atoms with van der Waals surface area (Å²) in [5, 5.41) is 19.1. The monoisotopic (exact) mass is 471 g/mol. The number of nitrogens with one attached hydrogen (secondary N) is 3. The summed E-state index contributed by atoms with van der Waals surface area (Å²) in [5.41, 5.74) is 4.09. The van der Waals surface area contributed by atoms with Crippen LogP contribution in [0.4, 0.5) is 0 Å². The Bertz CT molecular complexity index is 1150. The SMILES string of the molecule is C1=CC(c2cnn(C3CCNCC3)c2)(N2CCN(Cc3ccccn3)CC2)NC=C1c1cn[nH]c1. The number of hydrogen-bond donors (Lipinski definition) is 3. The van der Waals surface area contributed by atoms with Gasteiger partial charge in [-0.05, 0) is 44.1 Å². The summed E-state index contributed by atoms with van der Waals surface area (Å²) < 4.78 is 2.18. The molecule has 0 amide bonds. The molecule has 3 aliphatic rings. The molecule has 3 N–H and O–H groups in total. The maximum Gasteiger partial charge on any atom is 0.140 e. The molecule has 2 saturated heterocycles. The number of aromatic amines is 1. The average Bonchev–Trinajstić information content (AvgIpc) is 3.64. The van der Waals surface area contributed by atoms with Gasteiger partial charge in [-0.2, -0.15) is 10.2 Å².